The number of benzene rings is 3. The molecule has 0 bridgehead atoms. The normalized spacial score (nSPS) is 10.1. The first-order valence-corrected chi connectivity index (χ1v) is 10.1. The molecule has 158 valence electrons. The number of carbonyl (C=O) groups is 2. The van der Waals surface area contributed by atoms with Gasteiger partial charge in [0, 0.05) is 5.69 Å². The van der Waals surface area contributed by atoms with Crippen LogP contribution in [0.15, 0.2) is 78.9 Å². The third-order valence-electron chi connectivity index (χ3n) is 4.24. The molecule has 1 amide bonds. The van der Waals surface area contributed by atoms with Gasteiger partial charge in [0.25, 0.3) is 5.91 Å². The van der Waals surface area contributed by atoms with Gasteiger partial charge in [-0.05, 0) is 60.6 Å². The molecule has 0 aliphatic heterocycles. The van der Waals surface area contributed by atoms with E-state index in [1.807, 2.05) is 54.6 Å². The number of esters is 1. The van der Waals surface area contributed by atoms with Gasteiger partial charge >= 0.3 is 5.97 Å². The highest BCUT2D eigenvalue weighted by molar-refractivity contribution is 7.80. The second-order valence-electron chi connectivity index (χ2n) is 6.45. The van der Waals surface area contributed by atoms with Crippen LogP contribution in [-0.4, -0.2) is 30.2 Å². The summed E-state index contributed by atoms with van der Waals surface area (Å²) in [6, 6.07) is 23.7. The van der Waals surface area contributed by atoms with Gasteiger partial charge in [-0.3, -0.25) is 10.1 Å². The molecule has 2 N–H and O–H groups in total. The second kappa shape index (κ2) is 10.9. The molecule has 3 aromatic rings. The zero-order valence-corrected chi connectivity index (χ0v) is 17.8. The first-order valence-electron chi connectivity index (χ1n) is 9.72. The topological polar surface area (TPSA) is 76.7 Å². The number of para-hydroxylation sites is 1. The molecule has 0 spiro atoms. The molecule has 0 aromatic heterocycles. The zero-order valence-electron chi connectivity index (χ0n) is 17.0. The number of hydrogen-bond donors (Lipinski definition) is 2. The minimum atomic E-state index is -0.360. The summed E-state index contributed by atoms with van der Waals surface area (Å²) in [6.07, 6.45) is 0. The predicted octanol–water partition coefficient (Wildman–Crippen LogP) is 4.42. The number of anilines is 1. The molecule has 0 atom stereocenters. The van der Waals surface area contributed by atoms with E-state index in [0.29, 0.717) is 23.6 Å². The smallest absolute Gasteiger partial charge is 0.338 e. The molecular formula is C24H22N2O4S. The summed E-state index contributed by atoms with van der Waals surface area (Å²) in [7, 11) is 0. The van der Waals surface area contributed by atoms with Gasteiger partial charge in [-0.2, -0.15) is 0 Å². The lowest BCUT2D eigenvalue weighted by molar-refractivity contribution is -0.121. The van der Waals surface area contributed by atoms with Crippen molar-refractivity contribution in [3.63, 3.8) is 0 Å². The Labute approximate surface area is 186 Å². The number of amides is 1. The minimum Gasteiger partial charge on any atom is -0.484 e. The SMILES string of the molecule is CCOC(=O)c1ccccc1-c1ccc(NC(=S)NC(=O)COc2ccccc2)cc1. The van der Waals surface area contributed by atoms with Gasteiger partial charge in [-0.25, -0.2) is 4.79 Å². The van der Waals surface area contributed by atoms with Crippen LogP contribution in [0.4, 0.5) is 5.69 Å². The number of rotatable bonds is 7. The quantitative estimate of drug-likeness (QED) is 0.423. The van der Waals surface area contributed by atoms with Crippen LogP contribution in [0.25, 0.3) is 11.1 Å². The summed E-state index contributed by atoms with van der Waals surface area (Å²) < 4.78 is 10.5. The molecule has 3 aromatic carbocycles. The first kappa shape index (κ1) is 22.0. The van der Waals surface area contributed by atoms with E-state index >= 15 is 0 Å². The van der Waals surface area contributed by atoms with Crippen molar-refractivity contribution in [2.45, 2.75) is 6.92 Å². The Kier molecular flexibility index (Phi) is 7.73. The number of hydrogen-bond acceptors (Lipinski definition) is 5. The van der Waals surface area contributed by atoms with Crippen LogP contribution >= 0.6 is 12.2 Å². The summed E-state index contributed by atoms with van der Waals surface area (Å²) in [5, 5.41) is 5.71. The van der Waals surface area contributed by atoms with E-state index in [4.69, 9.17) is 21.7 Å². The van der Waals surface area contributed by atoms with Crippen molar-refractivity contribution in [1.82, 2.24) is 5.32 Å². The van der Waals surface area contributed by atoms with Gasteiger partial charge in [0.2, 0.25) is 0 Å². The lowest BCUT2D eigenvalue weighted by Crippen LogP contribution is -2.37. The third kappa shape index (κ3) is 6.38. The maximum absolute atomic E-state index is 12.2. The molecule has 0 unspecified atom stereocenters. The summed E-state index contributed by atoms with van der Waals surface area (Å²) >= 11 is 5.19. The van der Waals surface area contributed by atoms with Gasteiger partial charge in [0.1, 0.15) is 5.75 Å². The molecule has 0 saturated carbocycles. The zero-order chi connectivity index (χ0) is 22.1. The fourth-order valence-electron chi connectivity index (χ4n) is 2.85. The van der Waals surface area contributed by atoms with Crippen molar-refractivity contribution in [2.24, 2.45) is 0 Å². The average Bonchev–Trinajstić information content (AvgIpc) is 2.79. The van der Waals surface area contributed by atoms with E-state index in [1.165, 1.54) is 0 Å². The van der Waals surface area contributed by atoms with Crippen molar-refractivity contribution >= 4 is 34.9 Å². The van der Waals surface area contributed by atoms with Crippen LogP contribution in [-0.2, 0) is 9.53 Å². The highest BCUT2D eigenvalue weighted by Crippen LogP contribution is 2.25. The van der Waals surface area contributed by atoms with Crippen LogP contribution in [0, 0.1) is 0 Å². The van der Waals surface area contributed by atoms with Crippen LogP contribution < -0.4 is 15.4 Å². The van der Waals surface area contributed by atoms with Crippen molar-refractivity contribution in [3.8, 4) is 16.9 Å². The fraction of sp³-hybridized carbons (Fsp3) is 0.125. The minimum absolute atomic E-state index is 0.143. The maximum Gasteiger partial charge on any atom is 0.338 e. The predicted molar refractivity (Wildman–Crippen MR) is 124 cm³/mol. The Bertz CT molecular complexity index is 1050. The number of ether oxygens (including phenoxy) is 2. The number of thiocarbonyl (C=S) groups is 1. The van der Waals surface area contributed by atoms with Gasteiger partial charge < -0.3 is 14.8 Å². The summed E-state index contributed by atoms with van der Waals surface area (Å²) in [4.78, 5) is 24.2. The lowest BCUT2D eigenvalue weighted by Gasteiger charge is -2.12. The summed E-state index contributed by atoms with van der Waals surface area (Å²) in [6.45, 7) is 1.95. The molecule has 0 aliphatic rings. The Morgan fingerprint density at radius 2 is 1.58 bits per heavy atom. The van der Waals surface area contributed by atoms with E-state index in [-0.39, 0.29) is 23.6 Å². The molecule has 7 heteroatoms. The van der Waals surface area contributed by atoms with Crippen LogP contribution in [0.5, 0.6) is 5.75 Å². The average molecular weight is 435 g/mol. The van der Waals surface area contributed by atoms with Crippen molar-refractivity contribution in [2.75, 3.05) is 18.5 Å². The summed E-state index contributed by atoms with van der Waals surface area (Å²) in [5.74, 6) is -0.113. The van der Waals surface area contributed by atoms with Gasteiger partial charge in [-0.15, -0.1) is 0 Å². The van der Waals surface area contributed by atoms with Crippen LogP contribution in [0.2, 0.25) is 0 Å². The lowest BCUT2D eigenvalue weighted by atomic mass is 9.99. The Hall–Kier alpha value is -3.71. The highest BCUT2D eigenvalue weighted by atomic mass is 32.1. The standard InChI is InChI=1S/C24H22N2O4S/c1-2-29-23(28)21-11-7-6-10-20(21)17-12-14-18(15-13-17)25-24(31)26-22(27)16-30-19-8-4-3-5-9-19/h3-15H,2,16H2,1H3,(H2,25,26,27,31). The van der Waals surface area contributed by atoms with Crippen molar-refractivity contribution in [3.05, 3.63) is 84.4 Å². The molecule has 0 heterocycles. The van der Waals surface area contributed by atoms with Crippen molar-refractivity contribution < 1.29 is 19.1 Å². The van der Waals surface area contributed by atoms with Crippen LogP contribution in [0.3, 0.4) is 0 Å². The molecular weight excluding hydrogens is 412 g/mol. The monoisotopic (exact) mass is 434 g/mol. The molecule has 0 radical (unpaired) electrons. The third-order valence-corrected chi connectivity index (χ3v) is 4.45. The molecule has 3 rings (SSSR count). The van der Waals surface area contributed by atoms with Crippen molar-refractivity contribution in [1.29, 1.82) is 0 Å². The highest BCUT2D eigenvalue weighted by Gasteiger charge is 2.13. The number of nitrogens with one attached hydrogen (secondary N) is 2. The fourth-order valence-corrected chi connectivity index (χ4v) is 3.08. The molecule has 0 aliphatic carbocycles. The van der Waals surface area contributed by atoms with Gasteiger partial charge in [-0.1, -0.05) is 48.5 Å². The molecule has 0 fully saturated rings. The Morgan fingerprint density at radius 1 is 0.903 bits per heavy atom. The van der Waals surface area contributed by atoms with Crippen LogP contribution in [0.1, 0.15) is 17.3 Å². The first-order chi connectivity index (χ1) is 15.1. The molecule has 6 nitrogen and oxygen atoms in total. The van der Waals surface area contributed by atoms with E-state index in [2.05, 4.69) is 10.6 Å². The van der Waals surface area contributed by atoms with E-state index in [1.54, 1.807) is 31.2 Å². The van der Waals surface area contributed by atoms with Gasteiger partial charge in [0.05, 0.1) is 12.2 Å². The summed E-state index contributed by atoms with van der Waals surface area (Å²) in [5.41, 5.74) is 2.85. The second-order valence-corrected chi connectivity index (χ2v) is 6.86. The van der Waals surface area contributed by atoms with Gasteiger partial charge in [0.15, 0.2) is 11.7 Å². The Morgan fingerprint density at radius 3 is 2.29 bits per heavy atom. The molecule has 31 heavy (non-hydrogen) atoms. The van der Waals surface area contributed by atoms with E-state index in [9.17, 15) is 9.59 Å². The van der Waals surface area contributed by atoms with E-state index < -0.39 is 0 Å². The Balaban J connectivity index is 1.58. The van der Waals surface area contributed by atoms with E-state index in [0.717, 1.165) is 11.1 Å². The largest absolute Gasteiger partial charge is 0.484 e. The molecule has 0 saturated heterocycles. The maximum atomic E-state index is 12.2. The number of carbonyl (C=O) groups excluding carboxylic acids is 2.